The van der Waals surface area contributed by atoms with E-state index in [1.54, 1.807) is 19.9 Å². The van der Waals surface area contributed by atoms with Crippen molar-refractivity contribution in [3.63, 3.8) is 0 Å². The van der Waals surface area contributed by atoms with E-state index in [-0.39, 0.29) is 18.9 Å². The van der Waals surface area contributed by atoms with Gasteiger partial charge in [-0.05, 0) is 41.4 Å². The average Bonchev–Trinajstić information content (AvgIpc) is 2.38. The Labute approximate surface area is 125 Å². The van der Waals surface area contributed by atoms with Gasteiger partial charge in [0.25, 0.3) is 5.69 Å². The minimum absolute atomic E-state index is 0.155. The molecule has 7 nitrogen and oxygen atoms in total. The molecule has 0 bridgehead atoms. The summed E-state index contributed by atoms with van der Waals surface area (Å²) in [6, 6.07) is 4.29. The zero-order chi connectivity index (χ0) is 15.3. The Bertz CT molecular complexity index is 530. The van der Waals surface area contributed by atoms with Crippen LogP contribution in [0.4, 0.5) is 5.69 Å². The molecular formula is C11H16BrN2O5P. The Hall–Kier alpha value is -0.790. The molecule has 2 N–H and O–H groups in total. The lowest BCUT2D eigenvalue weighted by molar-refractivity contribution is -0.385. The van der Waals surface area contributed by atoms with Crippen LogP contribution in [0.1, 0.15) is 25.2 Å². The van der Waals surface area contributed by atoms with Crippen molar-refractivity contribution in [1.82, 2.24) is 0 Å². The number of nitrogens with zero attached hydrogens (tertiary/aromatic N) is 1. The molecule has 0 unspecified atom stereocenters. The van der Waals surface area contributed by atoms with Gasteiger partial charge in [-0.3, -0.25) is 14.7 Å². The van der Waals surface area contributed by atoms with Crippen molar-refractivity contribution in [1.29, 1.82) is 0 Å². The number of hydrogen-bond donors (Lipinski definition) is 1. The third-order valence-electron chi connectivity index (χ3n) is 2.47. The first-order valence-corrected chi connectivity index (χ1v) is 8.34. The smallest absolute Gasteiger partial charge is 0.314 e. The van der Waals surface area contributed by atoms with Crippen molar-refractivity contribution in [2.45, 2.75) is 19.6 Å². The van der Waals surface area contributed by atoms with Gasteiger partial charge in [-0.2, -0.15) is 0 Å². The predicted molar refractivity (Wildman–Crippen MR) is 78.6 cm³/mol. The highest BCUT2D eigenvalue weighted by Gasteiger charge is 2.34. The third-order valence-corrected chi connectivity index (χ3v) is 5.35. The molecule has 0 aromatic heterocycles. The second kappa shape index (κ2) is 7.28. The lowest BCUT2D eigenvalue weighted by Crippen LogP contribution is -2.15. The molecule has 9 heteroatoms. The average molecular weight is 367 g/mol. The molecule has 0 aliphatic carbocycles. The summed E-state index contributed by atoms with van der Waals surface area (Å²) < 4.78 is 23.1. The zero-order valence-corrected chi connectivity index (χ0v) is 13.6. The second-order valence-electron chi connectivity index (χ2n) is 3.79. The van der Waals surface area contributed by atoms with Crippen molar-refractivity contribution in [3.8, 4) is 0 Å². The Morgan fingerprint density at radius 3 is 2.40 bits per heavy atom. The molecule has 0 saturated carbocycles. The lowest BCUT2D eigenvalue weighted by Gasteiger charge is -2.23. The third kappa shape index (κ3) is 3.86. The van der Waals surface area contributed by atoms with E-state index in [9.17, 15) is 14.7 Å². The molecule has 1 aromatic carbocycles. The van der Waals surface area contributed by atoms with E-state index in [0.29, 0.717) is 10.0 Å². The summed E-state index contributed by atoms with van der Waals surface area (Å²) in [5.41, 5.74) is 6.08. The first-order valence-electron chi connectivity index (χ1n) is 5.94. The fraction of sp³-hybridized carbons (Fsp3) is 0.455. The molecule has 0 aliphatic heterocycles. The van der Waals surface area contributed by atoms with E-state index in [1.165, 1.54) is 12.1 Å². The molecule has 1 atom stereocenters. The quantitative estimate of drug-likeness (QED) is 0.449. The van der Waals surface area contributed by atoms with Crippen LogP contribution in [0.25, 0.3) is 0 Å². The lowest BCUT2D eigenvalue weighted by atomic mass is 10.2. The summed E-state index contributed by atoms with van der Waals surface area (Å²) >= 11 is 3.08. The number of benzene rings is 1. The summed E-state index contributed by atoms with van der Waals surface area (Å²) in [4.78, 5) is 10.4. The Morgan fingerprint density at radius 1 is 1.40 bits per heavy atom. The van der Waals surface area contributed by atoms with E-state index in [0.717, 1.165) is 0 Å². The molecule has 112 valence electrons. The normalized spacial score (nSPS) is 13.2. The molecule has 20 heavy (non-hydrogen) atoms. The number of nitro benzene ring substituents is 1. The molecule has 0 heterocycles. The number of halogens is 1. The maximum absolute atomic E-state index is 12.5. The SMILES string of the molecule is CCOP(=O)(OCC)[C@H](N)c1ccc(Br)c([N+](=O)[O-])c1. The van der Waals surface area contributed by atoms with Gasteiger partial charge in [-0.15, -0.1) is 0 Å². The fourth-order valence-corrected chi connectivity index (χ4v) is 3.63. The van der Waals surface area contributed by atoms with E-state index in [1.807, 2.05) is 0 Å². The zero-order valence-electron chi connectivity index (χ0n) is 11.1. The van der Waals surface area contributed by atoms with Gasteiger partial charge in [0.15, 0.2) is 0 Å². The Morgan fingerprint density at radius 2 is 1.95 bits per heavy atom. The van der Waals surface area contributed by atoms with Crippen molar-refractivity contribution in [2.24, 2.45) is 5.73 Å². The van der Waals surface area contributed by atoms with Crippen LogP contribution in [0.2, 0.25) is 0 Å². The highest BCUT2D eigenvalue weighted by atomic mass is 79.9. The number of nitro groups is 1. The Kier molecular flexibility index (Phi) is 6.29. The molecule has 1 aromatic rings. The number of hydrogen-bond acceptors (Lipinski definition) is 6. The summed E-state index contributed by atoms with van der Waals surface area (Å²) in [7, 11) is -3.56. The summed E-state index contributed by atoms with van der Waals surface area (Å²) in [6.45, 7) is 3.68. The van der Waals surface area contributed by atoms with Crippen LogP contribution in [0.3, 0.4) is 0 Å². The number of rotatable bonds is 7. The molecule has 1 rings (SSSR count). The van der Waals surface area contributed by atoms with Gasteiger partial charge in [-0.25, -0.2) is 0 Å². The van der Waals surface area contributed by atoms with Crippen LogP contribution >= 0.6 is 23.5 Å². The summed E-state index contributed by atoms with van der Waals surface area (Å²) in [6.07, 6.45) is 0. The van der Waals surface area contributed by atoms with Gasteiger partial charge < -0.3 is 14.8 Å². The molecule has 0 amide bonds. The monoisotopic (exact) mass is 366 g/mol. The van der Waals surface area contributed by atoms with Crippen LogP contribution in [0, 0.1) is 10.1 Å². The van der Waals surface area contributed by atoms with Crippen molar-refractivity contribution >= 4 is 29.2 Å². The highest BCUT2D eigenvalue weighted by Crippen LogP contribution is 2.58. The summed E-state index contributed by atoms with van der Waals surface area (Å²) in [5.74, 6) is -1.07. The largest absolute Gasteiger partial charge is 0.351 e. The van der Waals surface area contributed by atoms with Gasteiger partial charge in [0.2, 0.25) is 0 Å². The van der Waals surface area contributed by atoms with Crippen LogP contribution in [0.5, 0.6) is 0 Å². The van der Waals surface area contributed by atoms with Crippen LogP contribution in [0.15, 0.2) is 22.7 Å². The predicted octanol–water partition coefficient (Wildman–Crippen LogP) is 3.58. The fourth-order valence-electron chi connectivity index (χ4n) is 1.59. The highest BCUT2D eigenvalue weighted by molar-refractivity contribution is 9.10. The first kappa shape index (κ1) is 17.3. The topological polar surface area (TPSA) is 105 Å². The van der Waals surface area contributed by atoms with Crippen LogP contribution < -0.4 is 5.73 Å². The van der Waals surface area contributed by atoms with Gasteiger partial charge in [0, 0.05) is 6.07 Å². The van der Waals surface area contributed by atoms with Crippen LogP contribution in [-0.4, -0.2) is 18.1 Å². The first-order chi connectivity index (χ1) is 9.35. The standard InChI is InChI=1S/C11H16BrN2O5P/c1-3-18-20(17,19-4-2)11(13)8-5-6-9(12)10(7-8)14(15)16/h5-7,11H,3-4,13H2,1-2H3/t11-/m0/s1. The molecule has 0 saturated heterocycles. The van der Waals surface area contributed by atoms with E-state index >= 15 is 0 Å². The van der Waals surface area contributed by atoms with Crippen molar-refractivity contribution in [3.05, 3.63) is 38.3 Å². The minimum atomic E-state index is -3.56. The minimum Gasteiger partial charge on any atom is -0.314 e. The molecule has 0 radical (unpaired) electrons. The van der Waals surface area contributed by atoms with Crippen LogP contribution in [-0.2, 0) is 13.6 Å². The maximum atomic E-state index is 12.5. The number of nitrogens with two attached hydrogens (primary N) is 1. The molecule has 0 spiro atoms. The maximum Gasteiger partial charge on any atom is 0.351 e. The van der Waals surface area contributed by atoms with Gasteiger partial charge >= 0.3 is 7.60 Å². The van der Waals surface area contributed by atoms with Gasteiger partial charge in [-0.1, -0.05) is 6.07 Å². The van der Waals surface area contributed by atoms with E-state index in [4.69, 9.17) is 14.8 Å². The van der Waals surface area contributed by atoms with Gasteiger partial charge in [0.05, 0.1) is 22.6 Å². The van der Waals surface area contributed by atoms with E-state index in [2.05, 4.69) is 15.9 Å². The molecule has 0 aliphatic rings. The van der Waals surface area contributed by atoms with E-state index < -0.39 is 18.3 Å². The van der Waals surface area contributed by atoms with Crippen molar-refractivity contribution in [2.75, 3.05) is 13.2 Å². The molecular weight excluding hydrogens is 351 g/mol. The Balaban J connectivity index is 3.18. The van der Waals surface area contributed by atoms with Gasteiger partial charge in [0.1, 0.15) is 5.78 Å². The van der Waals surface area contributed by atoms with Crippen molar-refractivity contribution < 1.29 is 18.5 Å². The molecule has 0 fully saturated rings. The second-order valence-corrected chi connectivity index (χ2v) is 6.79. The summed E-state index contributed by atoms with van der Waals surface area (Å²) in [5, 5.41) is 10.9.